The van der Waals surface area contributed by atoms with Crippen molar-refractivity contribution in [3.8, 4) is 0 Å². The van der Waals surface area contributed by atoms with Gasteiger partial charge in [-0.3, -0.25) is 0 Å². The monoisotopic (exact) mass is 312 g/mol. The second kappa shape index (κ2) is 5.50. The molecule has 6 atom stereocenters. The normalized spacial score (nSPS) is 49.2. The van der Waals surface area contributed by atoms with E-state index in [1.807, 2.05) is 5.57 Å². The van der Waals surface area contributed by atoms with Gasteiger partial charge in [0.05, 0.1) is 0 Å². The molecule has 0 aromatic carbocycles. The third kappa shape index (κ3) is 2.09. The zero-order valence-corrected chi connectivity index (χ0v) is 15.7. The first-order valence-electron chi connectivity index (χ1n) is 10.4. The van der Waals surface area contributed by atoms with Crippen LogP contribution in [0.4, 0.5) is 0 Å². The molecule has 0 saturated heterocycles. The Labute approximate surface area is 143 Å². The third-order valence-electron chi connectivity index (χ3n) is 8.87. The van der Waals surface area contributed by atoms with Gasteiger partial charge in [0.25, 0.3) is 0 Å². The van der Waals surface area contributed by atoms with Crippen LogP contribution in [0.3, 0.4) is 0 Å². The number of hydrogen-bond acceptors (Lipinski definition) is 0. The van der Waals surface area contributed by atoms with E-state index in [2.05, 4.69) is 33.4 Å². The van der Waals surface area contributed by atoms with Crippen molar-refractivity contribution in [3.63, 3.8) is 0 Å². The second-order valence-corrected chi connectivity index (χ2v) is 9.62. The van der Waals surface area contributed by atoms with Gasteiger partial charge in [0.2, 0.25) is 0 Å². The van der Waals surface area contributed by atoms with Gasteiger partial charge in [0.15, 0.2) is 0 Å². The Balaban J connectivity index is 1.73. The molecule has 4 aliphatic carbocycles. The van der Waals surface area contributed by atoms with Gasteiger partial charge in [0.1, 0.15) is 0 Å². The topological polar surface area (TPSA) is 0 Å². The van der Waals surface area contributed by atoms with Crippen LogP contribution in [0.25, 0.3) is 0 Å². The molecule has 0 spiro atoms. The molecule has 0 bridgehead atoms. The molecule has 0 N–H and O–H groups in total. The van der Waals surface area contributed by atoms with E-state index in [0.29, 0.717) is 10.8 Å². The maximum Gasteiger partial charge on any atom is -0.00190 e. The minimum absolute atomic E-state index is 0.405. The lowest BCUT2D eigenvalue weighted by Gasteiger charge is -2.56. The van der Waals surface area contributed by atoms with Crippen LogP contribution in [0.5, 0.6) is 0 Å². The minimum atomic E-state index is 0.405. The number of hydrogen-bond donors (Lipinski definition) is 0. The Bertz CT molecular complexity index is 526. The van der Waals surface area contributed by atoms with Gasteiger partial charge in [0, 0.05) is 0 Å². The van der Waals surface area contributed by atoms with E-state index in [9.17, 15) is 0 Å². The summed E-state index contributed by atoms with van der Waals surface area (Å²) >= 11 is 0. The molecule has 4 aliphatic rings. The standard InChI is InChI=1S/C23H36/c1-5-8-18-11-13-20-19-12-10-17-9-6-7-14-22(17,3)21(19)15-16(2)23(18,20)4/h15,17-20H,2,5-14H2,1,3-4H3. The largest absolute Gasteiger partial charge is 0.0953 e. The van der Waals surface area contributed by atoms with Crippen molar-refractivity contribution in [2.75, 3.05) is 0 Å². The van der Waals surface area contributed by atoms with Gasteiger partial charge in [-0.05, 0) is 85.0 Å². The van der Waals surface area contributed by atoms with Crippen molar-refractivity contribution >= 4 is 0 Å². The summed E-state index contributed by atoms with van der Waals surface area (Å²) in [5, 5.41) is 0. The summed E-state index contributed by atoms with van der Waals surface area (Å²) in [5.41, 5.74) is 4.26. The van der Waals surface area contributed by atoms with Crippen molar-refractivity contribution in [3.05, 3.63) is 23.8 Å². The first-order valence-corrected chi connectivity index (χ1v) is 10.4. The smallest absolute Gasteiger partial charge is 0.00190 e. The Morgan fingerprint density at radius 3 is 2.70 bits per heavy atom. The Morgan fingerprint density at radius 1 is 1.09 bits per heavy atom. The molecular formula is C23H36. The minimum Gasteiger partial charge on any atom is -0.0953 e. The summed E-state index contributed by atoms with van der Waals surface area (Å²) < 4.78 is 0. The van der Waals surface area contributed by atoms with Gasteiger partial charge in [-0.1, -0.05) is 58.3 Å². The second-order valence-electron chi connectivity index (χ2n) is 9.62. The summed E-state index contributed by atoms with van der Waals surface area (Å²) in [4.78, 5) is 0. The summed E-state index contributed by atoms with van der Waals surface area (Å²) in [7, 11) is 0. The SMILES string of the molecule is C=C1C=C2C(CCC3CCCCC23C)C2CCC(CCC)C12C. The summed E-state index contributed by atoms with van der Waals surface area (Å²) in [5.74, 6) is 3.63. The molecule has 0 radical (unpaired) electrons. The fourth-order valence-electron chi connectivity index (χ4n) is 7.44. The highest BCUT2D eigenvalue weighted by Gasteiger charge is 2.57. The molecule has 0 aromatic heterocycles. The van der Waals surface area contributed by atoms with Crippen LogP contribution in [0, 0.1) is 34.5 Å². The molecule has 3 fully saturated rings. The molecule has 0 heterocycles. The van der Waals surface area contributed by atoms with E-state index in [0.717, 1.165) is 23.7 Å². The van der Waals surface area contributed by atoms with Gasteiger partial charge >= 0.3 is 0 Å². The highest BCUT2D eigenvalue weighted by molar-refractivity contribution is 5.41. The van der Waals surface area contributed by atoms with Crippen LogP contribution in [0.1, 0.15) is 85.0 Å². The van der Waals surface area contributed by atoms with Crippen molar-refractivity contribution in [1.82, 2.24) is 0 Å². The fourth-order valence-corrected chi connectivity index (χ4v) is 7.44. The number of rotatable bonds is 2. The highest BCUT2D eigenvalue weighted by Crippen LogP contribution is 2.66. The molecule has 3 saturated carbocycles. The molecule has 0 nitrogen and oxygen atoms in total. The van der Waals surface area contributed by atoms with Gasteiger partial charge in [-0.15, -0.1) is 0 Å². The van der Waals surface area contributed by atoms with Crippen LogP contribution in [-0.2, 0) is 0 Å². The zero-order chi connectivity index (χ0) is 16.2. The lowest BCUT2D eigenvalue weighted by molar-refractivity contribution is 0.0477. The van der Waals surface area contributed by atoms with Crippen LogP contribution in [0.15, 0.2) is 23.8 Å². The third-order valence-corrected chi connectivity index (χ3v) is 8.87. The maximum atomic E-state index is 4.64. The van der Waals surface area contributed by atoms with Crippen molar-refractivity contribution in [2.45, 2.75) is 85.0 Å². The maximum absolute atomic E-state index is 4.64. The molecule has 0 heteroatoms. The molecule has 6 unspecified atom stereocenters. The quantitative estimate of drug-likeness (QED) is 0.519. The Hall–Kier alpha value is -0.520. The molecule has 0 aliphatic heterocycles. The van der Waals surface area contributed by atoms with Crippen molar-refractivity contribution < 1.29 is 0 Å². The molecule has 23 heavy (non-hydrogen) atoms. The van der Waals surface area contributed by atoms with Crippen LogP contribution < -0.4 is 0 Å². The average molecular weight is 313 g/mol. The molecule has 0 amide bonds. The Morgan fingerprint density at radius 2 is 1.91 bits per heavy atom. The number of allylic oxidation sites excluding steroid dienone is 3. The molecule has 4 rings (SSSR count). The summed E-state index contributed by atoms with van der Waals surface area (Å²) in [6.45, 7) is 12.2. The average Bonchev–Trinajstić information content (AvgIpc) is 2.87. The van der Waals surface area contributed by atoms with E-state index in [1.54, 1.807) is 0 Å². The number of fused-ring (bicyclic) bond motifs is 5. The first kappa shape index (κ1) is 16.0. The van der Waals surface area contributed by atoms with E-state index < -0.39 is 0 Å². The first-order chi connectivity index (χ1) is 11.0. The van der Waals surface area contributed by atoms with Crippen LogP contribution in [-0.4, -0.2) is 0 Å². The fraction of sp³-hybridized carbons (Fsp3) is 0.826. The lowest BCUT2D eigenvalue weighted by atomic mass is 9.48. The lowest BCUT2D eigenvalue weighted by Crippen LogP contribution is -2.47. The van der Waals surface area contributed by atoms with Crippen molar-refractivity contribution in [2.24, 2.45) is 34.5 Å². The van der Waals surface area contributed by atoms with E-state index in [-0.39, 0.29) is 0 Å². The Kier molecular flexibility index (Phi) is 3.82. The summed E-state index contributed by atoms with van der Waals surface area (Å²) in [6, 6.07) is 0. The van der Waals surface area contributed by atoms with Crippen LogP contribution in [0.2, 0.25) is 0 Å². The van der Waals surface area contributed by atoms with E-state index >= 15 is 0 Å². The molecule has 128 valence electrons. The van der Waals surface area contributed by atoms with E-state index in [1.165, 1.54) is 69.8 Å². The van der Waals surface area contributed by atoms with Crippen molar-refractivity contribution in [1.29, 1.82) is 0 Å². The zero-order valence-electron chi connectivity index (χ0n) is 15.7. The summed E-state index contributed by atoms with van der Waals surface area (Å²) in [6.07, 6.45) is 17.1. The van der Waals surface area contributed by atoms with Gasteiger partial charge in [-0.2, -0.15) is 0 Å². The predicted octanol–water partition coefficient (Wildman–Crippen LogP) is 6.92. The highest BCUT2D eigenvalue weighted by atomic mass is 14.6. The van der Waals surface area contributed by atoms with E-state index in [4.69, 9.17) is 0 Å². The van der Waals surface area contributed by atoms with Gasteiger partial charge < -0.3 is 0 Å². The van der Waals surface area contributed by atoms with Crippen LogP contribution >= 0.6 is 0 Å². The molecule has 0 aromatic rings. The predicted molar refractivity (Wildman–Crippen MR) is 99.2 cm³/mol. The van der Waals surface area contributed by atoms with Gasteiger partial charge in [-0.25, -0.2) is 0 Å². The molecular weight excluding hydrogens is 276 g/mol.